The zero-order valence-electron chi connectivity index (χ0n) is 15.7. The topological polar surface area (TPSA) is 45.7 Å². The van der Waals surface area contributed by atoms with Crippen molar-refractivity contribution in [3.63, 3.8) is 0 Å². The largest absolute Gasteiger partial charge is 0.380 e. The molecule has 1 amide bonds. The number of aromatic nitrogens is 1. The zero-order valence-corrected chi connectivity index (χ0v) is 16.5. The second-order valence-electron chi connectivity index (χ2n) is 6.88. The van der Waals surface area contributed by atoms with Crippen molar-refractivity contribution in [2.24, 2.45) is 0 Å². The maximum atomic E-state index is 14.4. The van der Waals surface area contributed by atoms with Crippen molar-refractivity contribution in [3.05, 3.63) is 64.5 Å². The third kappa shape index (κ3) is 3.78. The number of methoxy groups -OCH3 is 1. The Bertz CT molecular complexity index is 968. The molecule has 1 saturated heterocycles. The quantitative estimate of drug-likeness (QED) is 0.658. The first kappa shape index (κ1) is 19.0. The first-order valence-electron chi connectivity index (χ1n) is 9.26. The first-order valence-corrected chi connectivity index (χ1v) is 10.1. The molecule has 4 rings (SSSR count). The lowest BCUT2D eigenvalue weighted by Crippen LogP contribution is -2.48. The van der Waals surface area contributed by atoms with E-state index in [4.69, 9.17) is 4.74 Å². The zero-order chi connectivity index (χ0) is 19.5. The molecule has 7 heteroatoms. The standard InChI is InChI=1S/C21H22FN3O2S/c1-27-14-16-19-17(22)3-2-4-18(19)28-20(16)21(26)25-11-9-24(10-12-25)13-15-5-7-23-8-6-15/h2-8H,9-14H2,1H3. The van der Waals surface area contributed by atoms with Crippen LogP contribution in [0.2, 0.25) is 0 Å². The predicted molar refractivity (Wildman–Crippen MR) is 108 cm³/mol. The molecular formula is C21H22FN3O2S. The van der Waals surface area contributed by atoms with Gasteiger partial charge in [0, 0.05) is 67.9 Å². The molecule has 146 valence electrons. The third-order valence-electron chi connectivity index (χ3n) is 5.06. The summed E-state index contributed by atoms with van der Waals surface area (Å²) in [6.45, 7) is 4.03. The van der Waals surface area contributed by atoms with E-state index in [1.165, 1.54) is 23.0 Å². The SMILES string of the molecule is COCc1c(C(=O)N2CCN(Cc3ccncc3)CC2)sc2cccc(F)c12. The van der Waals surface area contributed by atoms with E-state index in [2.05, 4.69) is 9.88 Å². The Morgan fingerprint density at radius 3 is 2.64 bits per heavy atom. The summed E-state index contributed by atoms with van der Waals surface area (Å²) in [6.07, 6.45) is 3.60. The van der Waals surface area contributed by atoms with Crippen molar-refractivity contribution >= 4 is 27.3 Å². The number of fused-ring (bicyclic) bond motifs is 1. The van der Waals surface area contributed by atoms with Gasteiger partial charge in [0.05, 0.1) is 11.5 Å². The summed E-state index contributed by atoms with van der Waals surface area (Å²) in [5.74, 6) is -0.335. The molecule has 0 atom stereocenters. The monoisotopic (exact) mass is 399 g/mol. The lowest BCUT2D eigenvalue weighted by molar-refractivity contribution is 0.0629. The van der Waals surface area contributed by atoms with Gasteiger partial charge < -0.3 is 9.64 Å². The number of pyridine rings is 1. The van der Waals surface area contributed by atoms with E-state index < -0.39 is 0 Å². The Morgan fingerprint density at radius 1 is 1.18 bits per heavy atom. The van der Waals surface area contributed by atoms with Gasteiger partial charge in [0.1, 0.15) is 5.82 Å². The highest BCUT2D eigenvalue weighted by Crippen LogP contribution is 2.34. The van der Waals surface area contributed by atoms with Gasteiger partial charge in [0.2, 0.25) is 0 Å². The van der Waals surface area contributed by atoms with E-state index in [9.17, 15) is 9.18 Å². The minimum Gasteiger partial charge on any atom is -0.380 e. The average molecular weight is 399 g/mol. The second-order valence-corrected chi connectivity index (χ2v) is 7.93. The van der Waals surface area contributed by atoms with Gasteiger partial charge in [-0.2, -0.15) is 0 Å². The van der Waals surface area contributed by atoms with Crippen LogP contribution in [-0.2, 0) is 17.9 Å². The lowest BCUT2D eigenvalue weighted by atomic mass is 10.1. The molecule has 0 N–H and O–H groups in total. The number of nitrogens with zero attached hydrogens (tertiary/aromatic N) is 3. The van der Waals surface area contributed by atoms with Crippen LogP contribution in [0, 0.1) is 5.82 Å². The molecule has 0 radical (unpaired) electrons. The van der Waals surface area contributed by atoms with Gasteiger partial charge in [-0.05, 0) is 29.8 Å². The van der Waals surface area contributed by atoms with Crippen LogP contribution in [-0.4, -0.2) is 54.0 Å². The van der Waals surface area contributed by atoms with Crippen LogP contribution in [0.25, 0.3) is 10.1 Å². The van der Waals surface area contributed by atoms with Gasteiger partial charge in [0.15, 0.2) is 0 Å². The first-order chi connectivity index (χ1) is 13.7. The molecule has 0 spiro atoms. The molecule has 1 fully saturated rings. The maximum Gasteiger partial charge on any atom is 0.264 e. The predicted octanol–water partition coefficient (Wildman–Crippen LogP) is 3.54. The molecule has 1 aliphatic heterocycles. The number of hydrogen-bond acceptors (Lipinski definition) is 5. The van der Waals surface area contributed by atoms with E-state index in [1.54, 1.807) is 25.6 Å². The summed E-state index contributed by atoms with van der Waals surface area (Å²) in [5.41, 5.74) is 1.88. The summed E-state index contributed by atoms with van der Waals surface area (Å²) >= 11 is 1.35. The molecule has 0 unspecified atom stereocenters. The summed E-state index contributed by atoms with van der Waals surface area (Å²) in [6, 6.07) is 8.99. The fourth-order valence-electron chi connectivity index (χ4n) is 3.62. The van der Waals surface area contributed by atoms with E-state index in [1.807, 2.05) is 23.1 Å². The highest BCUT2D eigenvalue weighted by atomic mass is 32.1. The minimum atomic E-state index is -0.304. The Hall–Kier alpha value is -2.35. The van der Waals surface area contributed by atoms with E-state index in [0.29, 0.717) is 28.9 Å². The molecule has 1 aliphatic rings. The Morgan fingerprint density at radius 2 is 1.93 bits per heavy atom. The molecule has 3 heterocycles. The van der Waals surface area contributed by atoms with Crippen LogP contribution in [0.4, 0.5) is 4.39 Å². The molecule has 0 aliphatic carbocycles. The van der Waals surface area contributed by atoms with Crippen molar-refractivity contribution in [1.82, 2.24) is 14.8 Å². The Balaban J connectivity index is 1.50. The number of piperazine rings is 1. The van der Waals surface area contributed by atoms with Crippen molar-refractivity contribution in [3.8, 4) is 0 Å². The lowest BCUT2D eigenvalue weighted by Gasteiger charge is -2.34. The number of ether oxygens (including phenoxy) is 1. The van der Waals surface area contributed by atoms with Gasteiger partial charge in [-0.15, -0.1) is 11.3 Å². The molecule has 28 heavy (non-hydrogen) atoms. The summed E-state index contributed by atoms with van der Waals surface area (Å²) in [5, 5.41) is 0.508. The molecular weight excluding hydrogens is 377 g/mol. The molecule has 1 aromatic carbocycles. The normalized spacial score (nSPS) is 15.3. The number of hydrogen-bond donors (Lipinski definition) is 0. The van der Waals surface area contributed by atoms with Crippen LogP contribution < -0.4 is 0 Å². The second kappa shape index (κ2) is 8.34. The summed E-state index contributed by atoms with van der Waals surface area (Å²) in [4.78, 5) is 22.0. The average Bonchev–Trinajstić information content (AvgIpc) is 3.09. The van der Waals surface area contributed by atoms with Crippen LogP contribution in [0.3, 0.4) is 0 Å². The molecule has 3 aromatic rings. The van der Waals surface area contributed by atoms with Crippen LogP contribution >= 0.6 is 11.3 Å². The van der Waals surface area contributed by atoms with Crippen molar-refractivity contribution < 1.29 is 13.9 Å². The number of benzene rings is 1. The number of halogens is 1. The van der Waals surface area contributed by atoms with Gasteiger partial charge >= 0.3 is 0 Å². The molecule has 0 saturated carbocycles. The third-order valence-corrected chi connectivity index (χ3v) is 6.25. The summed E-state index contributed by atoms with van der Waals surface area (Å²) < 4.78 is 20.4. The fraction of sp³-hybridized carbons (Fsp3) is 0.333. The number of amides is 1. The Labute approximate surface area is 167 Å². The highest BCUT2D eigenvalue weighted by Gasteiger charge is 2.27. The molecule has 2 aromatic heterocycles. The smallest absolute Gasteiger partial charge is 0.264 e. The Kier molecular flexibility index (Phi) is 5.66. The van der Waals surface area contributed by atoms with Gasteiger partial charge in [-0.3, -0.25) is 14.7 Å². The van der Waals surface area contributed by atoms with Gasteiger partial charge in [-0.1, -0.05) is 6.07 Å². The fourth-order valence-corrected chi connectivity index (χ4v) is 4.81. The summed E-state index contributed by atoms with van der Waals surface area (Å²) in [7, 11) is 1.57. The van der Waals surface area contributed by atoms with Crippen LogP contribution in [0.15, 0.2) is 42.7 Å². The molecule has 5 nitrogen and oxygen atoms in total. The van der Waals surface area contributed by atoms with Crippen LogP contribution in [0.1, 0.15) is 20.8 Å². The maximum absolute atomic E-state index is 14.4. The van der Waals surface area contributed by atoms with Gasteiger partial charge in [-0.25, -0.2) is 4.39 Å². The number of rotatable bonds is 5. The van der Waals surface area contributed by atoms with E-state index in [-0.39, 0.29) is 18.3 Å². The highest BCUT2D eigenvalue weighted by molar-refractivity contribution is 7.21. The number of carbonyl (C=O) groups is 1. The van der Waals surface area contributed by atoms with Crippen molar-refractivity contribution in [1.29, 1.82) is 0 Å². The minimum absolute atomic E-state index is 0.0313. The van der Waals surface area contributed by atoms with Crippen LogP contribution in [0.5, 0.6) is 0 Å². The van der Waals surface area contributed by atoms with Crippen molar-refractivity contribution in [2.75, 3.05) is 33.3 Å². The number of carbonyl (C=O) groups excluding carboxylic acids is 1. The molecule has 0 bridgehead atoms. The van der Waals surface area contributed by atoms with Crippen molar-refractivity contribution in [2.45, 2.75) is 13.2 Å². The van der Waals surface area contributed by atoms with E-state index in [0.717, 1.165) is 24.3 Å². The van der Waals surface area contributed by atoms with E-state index >= 15 is 0 Å². The number of thiophene rings is 1. The van der Waals surface area contributed by atoms with Gasteiger partial charge in [0.25, 0.3) is 5.91 Å².